The molecule has 3 aromatic rings. The van der Waals surface area contributed by atoms with Crippen LogP contribution in [0.2, 0.25) is 0 Å². The Morgan fingerprint density at radius 1 is 1.20 bits per heavy atom. The van der Waals surface area contributed by atoms with Gasteiger partial charge in [0.1, 0.15) is 5.69 Å². The average molecular weight is 653 g/mol. The van der Waals surface area contributed by atoms with Crippen molar-refractivity contribution in [1.29, 1.82) is 0 Å². The zero-order chi connectivity index (χ0) is 32.8. The fourth-order valence-corrected chi connectivity index (χ4v) is 6.76. The van der Waals surface area contributed by atoms with Crippen molar-refractivity contribution in [3.8, 4) is 0 Å². The highest BCUT2D eigenvalue weighted by atomic mass is 19.4. The van der Waals surface area contributed by atoms with Crippen molar-refractivity contribution in [2.75, 3.05) is 19.8 Å². The van der Waals surface area contributed by atoms with Gasteiger partial charge in [0.25, 0.3) is 11.7 Å². The molecule has 1 unspecified atom stereocenters. The molecule has 3 aliphatic rings. The Hall–Kier alpha value is -3.69. The van der Waals surface area contributed by atoms with Gasteiger partial charge in [-0.1, -0.05) is 0 Å². The van der Waals surface area contributed by atoms with Crippen molar-refractivity contribution in [1.82, 2.24) is 40.0 Å². The summed E-state index contributed by atoms with van der Waals surface area (Å²) in [5, 5.41) is 14.3. The van der Waals surface area contributed by atoms with E-state index in [2.05, 4.69) is 15.7 Å². The molecule has 1 aliphatic carbocycles. The number of carbonyl (C=O) groups is 2. The minimum Gasteiger partial charge on any atom is -0.381 e. The smallest absolute Gasteiger partial charge is 0.381 e. The molecule has 0 spiro atoms. The van der Waals surface area contributed by atoms with E-state index in [-0.39, 0.29) is 62.2 Å². The van der Waals surface area contributed by atoms with Gasteiger partial charge < -0.3 is 15.4 Å². The summed E-state index contributed by atoms with van der Waals surface area (Å²) in [6.07, 6.45) is -1.50. The molecule has 1 saturated carbocycles. The number of rotatable bonds is 8. The zero-order valence-electron chi connectivity index (χ0n) is 25.6. The van der Waals surface area contributed by atoms with Gasteiger partial charge in [0.15, 0.2) is 0 Å². The Kier molecular flexibility index (Phi) is 8.76. The number of imidazole rings is 1. The van der Waals surface area contributed by atoms with Crippen LogP contribution in [0.3, 0.4) is 0 Å². The largest absolute Gasteiger partial charge is 0.393 e. The summed E-state index contributed by atoms with van der Waals surface area (Å²) < 4.78 is 77.4. The van der Waals surface area contributed by atoms with Gasteiger partial charge in [-0.2, -0.15) is 23.4 Å². The third-order valence-electron chi connectivity index (χ3n) is 9.35. The summed E-state index contributed by atoms with van der Waals surface area (Å²) in [4.78, 5) is 35.6. The Bertz CT molecular complexity index is 1570. The molecule has 3 aromatic heterocycles. The SMILES string of the molecule is CC(C)n1nccc1C(=O)N[C@H](c1cn2nc(C[C@H]3C[C@@H](C(F)(F)F)CNC3=O)c(C3CCOC3)nc2n1)C1CCC(F)(F)CC1. The molecule has 2 N–H and O–H groups in total. The van der Waals surface area contributed by atoms with Crippen molar-refractivity contribution in [3.05, 3.63) is 41.2 Å². The van der Waals surface area contributed by atoms with E-state index < -0.39 is 48.3 Å². The number of halogens is 5. The van der Waals surface area contributed by atoms with Gasteiger partial charge in [0.05, 0.1) is 41.8 Å². The number of hydrogen-bond acceptors (Lipinski definition) is 7. The molecule has 0 radical (unpaired) electrons. The molecule has 16 heteroatoms. The summed E-state index contributed by atoms with van der Waals surface area (Å²) in [5.74, 6) is -6.66. The van der Waals surface area contributed by atoms with E-state index in [1.165, 1.54) is 10.7 Å². The molecule has 5 heterocycles. The van der Waals surface area contributed by atoms with Gasteiger partial charge in [-0.3, -0.25) is 14.3 Å². The van der Waals surface area contributed by atoms with Gasteiger partial charge >= 0.3 is 6.18 Å². The predicted molar refractivity (Wildman–Crippen MR) is 153 cm³/mol. The summed E-state index contributed by atoms with van der Waals surface area (Å²) in [5.41, 5.74) is 1.56. The maximum absolute atomic E-state index is 14.1. The molecule has 2 amide bonds. The number of alkyl halides is 5. The van der Waals surface area contributed by atoms with Crippen LogP contribution in [0.25, 0.3) is 5.78 Å². The van der Waals surface area contributed by atoms with Crippen molar-refractivity contribution >= 4 is 17.6 Å². The van der Waals surface area contributed by atoms with E-state index in [0.29, 0.717) is 42.4 Å². The maximum Gasteiger partial charge on any atom is 0.393 e. The molecular weight excluding hydrogens is 615 g/mol. The Labute approximate surface area is 261 Å². The lowest BCUT2D eigenvalue weighted by molar-refractivity contribution is -0.183. The fourth-order valence-electron chi connectivity index (χ4n) is 6.76. The number of piperidine rings is 1. The quantitative estimate of drug-likeness (QED) is 0.342. The predicted octanol–water partition coefficient (Wildman–Crippen LogP) is 4.56. The molecule has 3 fully saturated rings. The Morgan fingerprint density at radius 3 is 2.63 bits per heavy atom. The van der Waals surface area contributed by atoms with Crippen LogP contribution in [0, 0.1) is 17.8 Å². The first-order chi connectivity index (χ1) is 21.8. The number of ether oxygens (including phenoxy) is 1. The van der Waals surface area contributed by atoms with E-state index in [9.17, 15) is 31.5 Å². The minimum atomic E-state index is -4.45. The minimum absolute atomic E-state index is 0.0578. The number of hydrogen-bond donors (Lipinski definition) is 2. The normalized spacial score (nSPS) is 24.8. The number of fused-ring (bicyclic) bond motifs is 1. The number of amides is 2. The van der Waals surface area contributed by atoms with E-state index in [1.807, 2.05) is 13.8 Å². The van der Waals surface area contributed by atoms with Crippen LogP contribution in [-0.2, 0) is 16.0 Å². The Morgan fingerprint density at radius 2 is 1.96 bits per heavy atom. The average Bonchev–Trinajstić information content (AvgIpc) is 3.77. The van der Waals surface area contributed by atoms with E-state index in [1.54, 1.807) is 16.9 Å². The van der Waals surface area contributed by atoms with Gasteiger partial charge in [-0.15, -0.1) is 0 Å². The molecule has 6 rings (SSSR count). The van der Waals surface area contributed by atoms with Crippen molar-refractivity contribution in [2.24, 2.45) is 17.8 Å². The fraction of sp³-hybridized carbons (Fsp3) is 0.667. The number of carbonyl (C=O) groups excluding carboxylic acids is 2. The molecule has 46 heavy (non-hydrogen) atoms. The lowest BCUT2D eigenvalue weighted by Gasteiger charge is -2.33. The van der Waals surface area contributed by atoms with Gasteiger partial charge in [-0.05, 0) is 51.5 Å². The first kappa shape index (κ1) is 32.3. The third-order valence-corrected chi connectivity index (χ3v) is 9.35. The highest BCUT2D eigenvalue weighted by Gasteiger charge is 2.45. The van der Waals surface area contributed by atoms with Crippen LogP contribution >= 0.6 is 0 Å². The van der Waals surface area contributed by atoms with Crippen molar-refractivity contribution < 1.29 is 36.3 Å². The lowest BCUT2D eigenvalue weighted by atomic mass is 9.81. The second kappa shape index (κ2) is 12.5. The van der Waals surface area contributed by atoms with Crippen LogP contribution in [0.15, 0.2) is 18.5 Å². The standard InChI is InChI=1S/C30H37F5N8O3/c1-16(2)43-23(5-9-37-43)27(45)39-24(17-3-7-29(31,32)8-4-17)22-14-42-28(38-22)40-25(18-6-10-46-15-18)21(41-42)12-19-11-20(30(33,34)35)13-36-26(19)44/h5,9,14,16-20,24H,3-4,6-8,10-13,15H2,1-2H3,(H,36,44)(H,39,45)/t18?,19-,20-,24+/m1/s1. The molecular formula is C30H37F5N8O3. The summed E-state index contributed by atoms with van der Waals surface area (Å²) in [6.45, 7) is 4.12. The molecule has 4 atom stereocenters. The van der Waals surface area contributed by atoms with Crippen LogP contribution in [-0.4, -0.2) is 73.0 Å². The molecule has 11 nitrogen and oxygen atoms in total. The topological polar surface area (TPSA) is 128 Å². The number of nitrogens with one attached hydrogen (secondary N) is 2. The van der Waals surface area contributed by atoms with Crippen LogP contribution in [0.1, 0.15) is 97.9 Å². The zero-order valence-corrected chi connectivity index (χ0v) is 25.6. The molecule has 0 aromatic carbocycles. The van der Waals surface area contributed by atoms with E-state index in [4.69, 9.17) is 19.8 Å². The summed E-state index contributed by atoms with van der Waals surface area (Å²) in [7, 11) is 0. The van der Waals surface area contributed by atoms with Crippen LogP contribution < -0.4 is 10.6 Å². The van der Waals surface area contributed by atoms with Crippen molar-refractivity contribution in [3.63, 3.8) is 0 Å². The highest BCUT2D eigenvalue weighted by molar-refractivity contribution is 5.92. The van der Waals surface area contributed by atoms with Gasteiger partial charge in [0.2, 0.25) is 11.8 Å². The number of aromatic nitrogens is 6. The Balaban J connectivity index is 1.35. The first-order valence-electron chi connectivity index (χ1n) is 15.7. The van der Waals surface area contributed by atoms with Crippen LogP contribution in [0.4, 0.5) is 22.0 Å². The second-order valence-corrected chi connectivity index (χ2v) is 12.9. The highest BCUT2D eigenvalue weighted by Crippen LogP contribution is 2.42. The van der Waals surface area contributed by atoms with E-state index >= 15 is 0 Å². The van der Waals surface area contributed by atoms with Crippen molar-refractivity contribution in [2.45, 2.75) is 88.9 Å². The third kappa shape index (κ3) is 6.72. The van der Waals surface area contributed by atoms with Crippen LogP contribution in [0.5, 0.6) is 0 Å². The second-order valence-electron chi connectivity index (χ2n) is 12.9. The molecule has 0 bridgehead atoms. The van der Waals surface area contributed by atoms with Gasteiger partial charge in [-0.25, -0.2) is 23.3 Å². The number of nitrogens with zero attached hydrogens (tertiary/aromatic N) is 6. The monoisotopic (exact) mass is 652 g/mol. The molecule has 2 saturated heterocycles. The summed E-state index contributed by atoms with van der Waals surface area (Å²) >= 11 is 0. The molecule has 2 aliphatic heterocycles. The first-order valence-corrected chi connectivity index (χ1v) is 15.7. The molecule has 250 valence electrons. The van der Waals surface area contributed by atoms with E-state index in [0.717, 1.165) is 0 Å². The maximum atomic E-state index is 14.1. The summed E-state index contributed by atoms with van der Waals surface area (Å²) in [6, 6.07) is 0.738. The lowest BCUT2D eigenvalue weighted by Crippen LogP contribution is -2.47. The van der Waals surface area contributed by atoms with Gasteiger partial charge in [0, 0.05) is 56.5 Å².